The molecule has 2 aliphatic heterocycles. The quantitative estimate of drug-likeness (QED) is 0.556. The molecule has 2 rings (SSSR count). The molecule has 0 unspecified atom stereocenters. The second kappa shape index (κ2) is 3.21. The van der Waals surface area contributed by atoms with Crippen molar-refractivity contribution in [2.45, 2.75) is 19.4 Å². The van der Waals surface area contributed by atoms with Crippen molar-refractivity contribution >= 4 is 5.91 Å². The average molecular weight is 175 g/mol. The van der Waals surface area contributed by atoms with E-state index in [1.54, 1.807) is 0 Å². The van der Waals surface area contributed by atoms with Crippen LogP contribution in [0.2, 0.25) is 0 Å². The maximum atomic E-state index is 11.6. The number of carbonyl (C=O) groups is 1. The smallest absolute Gasteiger partial charge is 0.231 e. The molecule has 13 heavy (non-hydrogen) atoms. The van der Waals surface area contributed by atoms with Gasteiger partial charge in [-0.2, -0.15) is 0 Å². The summed E-state index contributed by atoms with van der Waals surface area (Å²) in [6, 6.07) is 0.178. The lowest BCUT2D eigenvalue weighted by atomic mass is 9.99. The maximum Gasteiger partial charge on any atom is 0.231 e. The monoisotopic (exact) mass is 175 g/mol. The Morgan fingerprint density at radius 3 is 3.00 bits per heavy atom. The van der Waals surface area contributed by atoms with Gasteiger partial charge in [-0.25, -0.2) is 0 Å². The normalized spacial score (nSPS) is 31.8. The summed E-state index contributed by atoms with van der Waals surface area (Å²) in [6.45, 7) is 2.02. The van der Waals surface area contributed by atoms with Crippen LogP contribution in [0.4, 0.5) is 0 Å². The summed E-state index contributed by atoms with van der Waals surface area (Å²) in [7, 11) is 0. The van der Waals surface area contributed by atoms with Crippen LogP contribution < -0.4 is 5.32 Å². The molecular weight excluding hydrogens is 162 g/mol. The van der Waals surface area contributed by atoms with Gasteiger partial charge in [-0.1, -0.05) is 36.0 Å². The van der Waals surface area contributed by atoms with Crippen LogP contribution in [0.5, 0.6) is 0 Å². The van der Waals surface area contributed by atoms with Crippen LogP contribution in [-0.4, -0.2) is 11.9 Å². The lowest BCUT2D eigenvalue weighted by Gasteiger charge is -2.15. The second-order valence-corrected chi connectivity index (χ2v) is 3.55. The molecule has 1 amide bonds. The number of nitrogens with one attached hydrogen (secondary N) is 1. The molecule has 0 aromatic rings. The van der Waals surface area contributed by atoms with Crippen molar-refractivity contribution in [2.75, 3.05) is 0 Å². The van der Waals surface area contributed by atoms with E-state index in [-0.39, 0.29) is 17.9 Å². The van der Waals surface area contributed by atoms with Crippen molar-refractivity contribution in [1.29, 1.82) is 0 Å². The molecule has 2 nitrogen and oxygen atoms in total. The van der Waals surface area contributed by atoms with E-state index in [1.807, 2.05) is 31.2 Å². The van der Waals surface area contributed by atoms with Crippen molar-refractivity contribution in [3.8, 4) is 0 Å². The van der Waals surface area contributed by atoms with E-state index in [4.69, 9.17) is 0 Å². The molecule has 0 saturated carbocycles. The summed E-state index contributed by atoms with van der Waals surface area (Å²) < 4.78 is 0. The van der Waals surface area contributed by atoms with Crippen molar-refractivity contribution in [2.24, 2.45) is 5.92 Å². The fourth-order valence-corrected chi connectivity index (χ4v) is 1.72. The van der Waals surface area contributed by atoms with Gasteiger partial charge < -0.3 is 5.32 Å². The highest BCUT2D eigenvalue weighted by atomic mass is 16.1. The van der Waals surface area contributed by atoms with E-state index in [9.17, 15) is 4.79 Å². The lowest BCUT2D eigenvalue weighted by Crippen LogP contribution is -2.36. The molecule has 0 aliphatic carbocycles. The Labute approximate surface area is 78.0 Å². The van der Waals surface area contributed by atoms with Gasteiger partial charge in [0.15, 0.2) is 0 Å². The van der Waals surface area contributed by atoms with E-state index in [0.717, 1.165) is 12.0 Å². The highest BCUT2D eigenvalue weighted by Crippen LogP contribution is 2.19. The van der Waals surface area contributed by atoms with Crippen LogP contribution >= 0.6 is 0 Å². The number of rotatable bonds is 0. The topological polar surface area (TPSA) is 29.1 Å². The highest BCUT2D eigenvalue weighted by Gasteiger charge is 2.23. The number of allylic oxidation sites excluding steroid dienone is 2. The standard InChI is InChI=1S/C11H13NO/c1-8-6-7-9-4-2-3-5-10(8)11(13)12-9/h2-6,9-10H,7H2,1H3,(H,12,13)/t9-,10+/m0/s1. The summed E-state index contributed by atoms with van der Waals surface area (Å²) in [6.07, 6.45) is 11.0. The number of hydrogen-bond acceptors (Lipinski definition) is 1. The first-order valence-corrected chi connectivity index (χ1v) is 4.59. The van der Waals surface area contributed by atoms with Gasteiger partial charge in [-0.3, -0.25) is 4.79 Å². The Morgan fingerprint density at radius 2 is 2.15 bits per heavy atom. The number of carbonyl (C=O) groups excluding carboxylic acids is 1. The minimum absolute atomic E-state index is 0.0602. The number of hydrogen-bond donors (Lipinski definition) is 1. The van der Waals surface area contributed by atoms with Crippen LogP contribution in [-0.2, 0) is 4.79 Å². The second-order valence-electron chi connectivity index (χ2n) is 3.55. The van der Waals surface area contributed by atoms with Crippen LogP contribution in [0.1, 0.15) is 13.3 Å². The third kappa shape index (κ3) is 1.57. The van der Waals surface area contributed by atoms with Gasteiger partial charge in [0.1, 0.15) is 0 Å². The molecule has 68 valence electrons. The minimum atomic E-state index is -0.0602. The molecule has 2 heteroatoms. The molecule has 2 atom stereocenters. The van der Waals surface area contributed by atoms with E-state index in [0.29, 0.717) is 0 Å². The van der Waals surface area contributed by atoms with Crippen molar-refractivity contribution < 1.29 is 4.79 Å². The number of amides is 1. The van der Waals surface area contributed by atoms with Gasteiger partial charge in [0.25, 0.3) is 0 Å². The molecule has 1 N–H and O–H groups in total. The Kier molecular flexibility index (Phi) is 2.05. The number of fused-ring (bicyclic) bond motifs is 3. The molecule has 0 fully saturated rings. The lowest BCUT2D eigenvalue weighted by molar-refractivity contribution is -0.122. The van der Waals surface area contributed by atoms with Crippen LogP contribution in [0.25, 0.3) is 0 Å². The van der Waals surface area contributed by atoms with Crippen molar-refractivity contribution in [3.63, 3.8) is 0 Å². The van der Waals surface area contributed by atoms with Crippen LogP contribution in [0, 0.1) is 5.92 Å². The largest absolute Gasteiger partial charge is 0.349 e. The predicted molar refractivity (Wildman–Crippen MR) is 52.1 cm³/mol. The van der Waals surface area contributed by atoms with Gasteiger partial charge in [-0.05, 0) is 13.3 Å². The van der Waals surface area contributed by atoms with Gasteiger partial charge in [0.05, 0.1) is 12.0 Å². The zero-order valence-electron chi connectivity index (χ0n) is 7.66. The Bertz CT molecular complexity index is 312. The van der Waals surface area contributed by atoms with Gasteiger partial charge >= 0.3 is 0 Å². The predicted octanol–water partition coefficient (Wildman–Crippen LogP) is 1.56. The summed E-state index contributed by atoms with van der Waals surface area (Å²) in [5.41, 5.74) is 1.15. The SMILES string of the molecule is CC1=CC[C@@H]2C=CC=C[C@H]1C(=O)N2. The van der Waals surface area contributed by atoms with E-state index in [2.05, 4.69) is 11.4 Å². The molecule has 0 saturated heterocycles. The zero-order chi connectivity index (χ0) is 9.26. The molecule has 0 aromatic heterocycles. The van der Waals surface area contributed by atoms with E-state index in [1.165, 1.54) is 0 Å². The third-order valence-electron chi connectivity index (χ3n) is 2.55. The first-order chi connectivity index (χ1) is 6.27. The summed E-state index contributed by atoms with van der Waals surface area (Å²) in [5, 5.41) is 2.98. The first kappa shape index (κ1) is 8.30. The molecule has 2 aliphatic rings. The highest BCUT2D eigenvalue weighted by molar-refractivity contribution is 5.84. The first-order valence-electron chi connectivity index (χ1n) is 4.59. The van der Waals surface area contributed by atoms with Gasteiger partial charge in [-0.15, -0.1) is 0 Å². The summed E-state index contributed by atoms with van der Waals surface area (Å²) in [5.74, 6) is 0.0619. The summed E-state index contributed by atoms with van der Waals surface area (Å²) >= 11 is 0. The average Bonchev–Trinajstić information content (AvgIpc) is 2.18. The molecule has 2 heterocycles. The van der Waals surface area contributed by atoms with Crippen LogP contribution in [0.3, 0.4) is 0 Å². The van der Waals surface area contributed by atoms with Gasteiger partial charge in [0.2, 0.25) is 5.91 Å². The summed E-state index contributed by atoms with van der Waals surface area (Å²) in [4.78, 5) is 11.6. The van der Waals surface area contributed by atoms with E-state index >= 15 is 0 Å². The maximum absolute atomic E-state index is 11.6. The van der Waals surface area contributed by atoms with Crippen molar-refractivity contribution in [3.05, 3.63) is 36.0 Å². The Hall–Kier alpha value is -1.31. The minimum Gasteiger partial charge on any atom is -0.349 e. The molecule has 0 radical (unpaired) electrons. The Balaban J connectivity index is 2.41. The molecule has 0 aromatic carbocycles. The fourth-order valence-electron chi connectivity index (χ4n) is 1.72. The molecule has 0 spiro atoms. The fraction of sp³-hybridized carbons (Fsp3) is 0.364. The third-order valence-corrected chi connectivity index (χ3v) is 2.55. The molecular formula is C11H13NO. The molecule has 2 bridgehead atoms. The van der Waals surface area contributed by atoms with Crippen LogP contribution in [0.15, 0.2) is 36.0 Å². The van der Waals surface area contributed by atoms with E-state index < -0.39 is 0 Å². The zero-order valence-corrected chi connectivity index (χ0v) is 7.66. The van der Waals surface area contributed by atoms with Crippen molar-refractivity contribution in [1.82, 2.24) is 5.32 Å². The van der Waals surface area contributed by atoms with Gasteiger partial charge in [0, 0.05) is 0 Å². The Morgan fingerprint density at radius 1 is 1.38 bits per heavy atom.